The SMILES string of the molecule is CC[C@H](C(=O)NC(C)(C)C)N(CCc1ccccc1)C(=O)CN(c1ccc(C)cc1)S(=O)(=O)c1ccc(C)cc1. The maximum absolute atomic E-state index is 14.1. The molecule has 40 heavy (non-hydrogen) atoms. The number of sulfonamides is 1. The average molecular weight is 564 g/mol. The summed E-state index contributed by atoms with van der Waals surface area (Å²) >= 11 is 0. The third kappa shape index (κ3) is 8.18. The third-order valence-electron chi connectivity index (χ3n) is 6.58. The van der Waals surface area contributed by atoms with Gasteiger partial charge in [0, 0.05) is 12.1 Å². The van der Waals surface area contributed by atoms with Gasteiger partial charge in [-0.25, -0.2) is 8.42 Å². The van der Waals surface area contributed by atoms with E-state index in [4.69, 9.17) is 0 Å². The Balaban J connectivity index is 2.01. The molecule has 0 fully saturated rings. The lowest BCUT2D eigenvalue weighted by Crippen LogP contribution is -2.56. The van der Waals surface area contributed by atoms with E-state index in [0.29, 0.717) is 18.5 Å². The van der Waals surface area contributed by atoms with Crippen molar-refractivity contribution in [2.45, 2.75) is 70.9 Å². The maximum atomic E-state index is 14.1. The van der Waals surface area contributed by atoms with Gasteiger partial charge in [-0.3, -0.25) is 13.9 Å². The molecule has 0 saturated heterocycles. The van der Waals surface area contributed by atoms with Crippen molar-refractivity contribution in [3.05, 3.63) is 95.6 Å². The van der Waals surface area contributed by atoms with Crippen LogP contribution in [0, 0.1) is 13.8 Å². The zero-order valence-electron chi connectivity index (χ0n) is 24.3. The second kappa shape index (κ2) is 13.1. The lowest BCUT2D eigenvalue weighted by Gasteiger charge is -2.34. The van der Waals surface area contributed by atoms with E-state index in [1.807, 2.05) is 84.0 Å². The van der Waals surface area contributed by atoms with E-state index in [0.717, 1.165) is 21.0 Å². The Morgan fingerprint density at radius 2 is 1.40 bits per heavy atom. The molecule has 0 aliphatic rings. The molecule has 0 aliphatic heterocycles. The maximum Gasteiger partial charge on any atom is 0.264 e. The molecule has 0 bridgehead atoms. The molecular formula is C32H41N3O4S. The molecule has 0 unspecified atom stereocenters. The summed E-state index contributed by atoms with van der Waals surface area (Å²) in [5.41, 5.74) is 2.82. The Labute approximate surface area is 239 Å². The Hall–Kier alpha value is -3.65. The van der Waals surface area contributed by atoms with Gasteiger partial charge in [0.05, 0.1) is 10.6 Å². The van der Waals surface area contributed by atoms with Gasteiger partial charge in [-0.15, -0.1) is 0 Å². The number of nitrogens with zero attached hydrogens (tertiary/aromatic N) is 2. The highest BCUT2D eigenvalue weighted by Gasteiger charge is 2.34. The van der Waals surface area contributed by atoms with Crippen LogP contribution in [0.2, 0.25) is 0 Å². The van der Waals surface area contributed by atoms with Crippen molar-refractivity contribution in [1.82, 2.24) is 10.2 Å². The fourth-order valence-electron chi connectivity index (χ4n) is 4.43. The predicted molar refractivity (Wildman–Crippen MR) is 161 cm³/mol. The molecule has 3 rings (SSSR count). The van der Waals surface area contributed by atoms with Gasteiger partial charge in [-0.1, -0.05) is 72.6 Å². The van der Waals surface area contributed by atoms with Crippen molar-refractivity contribution >= 4 is 27.5 Å². The van der Waals surface area contributed by atoms with Crippen LogP contribution in [0.3, 0.4) is 0 Å². The molecule has 2 amide bonds. The van der Waals surface area contributed by atoms with Crippen molar-refractivity contribution in [3.63, 3.8) is 0 Å². The molecule has 0 saturated carbocycles. The fraction of sp³-hybridized carbons (Fsp3) is 0.375. The Kier molecular flexibility index (Phi) is 10.1. The summed E-state index contributed by atoms with van der Waals surface area (Å²) in [6, 6.07) is 22.6. The first-order chi connectivity index (χ1) is 18.8. The Bertz CT molecular complexity index is 1380. The molecule has 0 aromatic heterocycles. The molecule has 7 nitrogen and oxygen atoms in total. The van der Waals surface area contributed by atoms with E-state index in [-0.39, 0.29) is 17.3 Å². The number of benzene rings is 3. The van der Waals surface area contributed by atoms with Crippen LogP contribution >= 0.6 is 0 Å². The summed E-state index contributed by atoms with van der Waals surface area (Å²) in [6.45, 7) is 11.2. The average Bonchev–Trinajstić information content (AvgIpc) is 2.90. The van der Waals surface area contributed by atoms with Gasteiger partial charge in [0.15, 0.2) is 0 Å². The van der Waals surface area contributed by atoms with Crippen molar-refractivity contribution in [1.29, 1.82) is 0 Å². The number of carbonyl (C=O) groups is 2. The molecule has 0 radical (unpaired) electrons. The van der Waals surface area contributed by atoms with Crippen LogP contribution in [0.15, 0.2) is 83.8 Å². The van der Waals surface area contributed by atoms with E-state index in [1.54, 1.807) is 36.4 Å². The standard InChI is InChI=1S/C32H41N3O4S/c1-7-29(31(37)33-32(4,5)6)34(22-21-26-11-9-8-10-12-26)30(36)23-35(27-17-13-24(2)14-18-27)40(38,39)28-19-15-25(3)16-20-28/h8-20,29H,7,21-23H2,1-6H3,(H,33,37)/t29-/m1/s1. The Morgan fingerprint density at radius 1 is 0.850 bits per heavy atom. The number of rotatable bonds is 11. The van der Waals surface area contributed by atoms with Gasteiger partial charge in [-0.05, 0) is 77.3 Å². The van der Waals surface area contributed by atoms with E-state index < -0.39 is 34.1 Å². The van der Waals surface area contributed by atoms with Crippen LogP contribution in [-0.4, -0.2) is 49.8 Å². The van der Waals surface area contributed by atoms with E-state index >= 15 is 0 Å². The van der Waals surface area contributed by atoms with E-state index in [1.165, 1.54) is 4.90 Å². The highest BCUT2D eigenvalue weighted by atomic mass is 32.2. The van der Waals surface area contributed by atoms with Gasteiger partial charge in [0.25, 0.3) is 10.0 Å². The smallest absolute Gasteiger partial charge is 0.264 e. The molecule has 214 valence electrons. The van der Waals surface area contributed by atoms with Crippen LogP contribution in [0.1, 0.15) is 50.8 Å². The van der Waals surface area contributed by atoms with Crippen molar-refractivity contribution in [2.24, 2.45) is 0 Å². The van der Waals surface area contributed by atoms with Gasteiger partial charge < -0.3 is 10.2 Å². The number of nitrogens with one attached hydrogen (secondary N) is 1. The number of hydrogen-bond acceptors (Lipinski definition) is 4. The molecule has 3 aromatic rings. The number of amides is 2. The highest BCUT2D eigenvalue weighted by molar-refractivity contribution is 7.92. The van der Waals surface area contributed by atoms with E-state index in [2.05, 4.69) is 5.32 Å². The summed E-state index contributed by atoms with van der Waals surface area (Å²) < 4.78 is 28.9. The first-order valence-corrected chi connectivity index (χ1v) is 15.1. The molecule has 0 spiro atoms. The summed E-state index contributed by atoms with van der Waals surface area (Å²) in [7, 11) is -4.08. The minimum Gasteiger partial charge on any atom is -0.350 e. The van der Waals surface area contributed by atoms with Crippen LogP contribution in [0.25, 0.3) is 0 Å². The molecular weight excluding hydrogens is 522 g/mol. The first kappa shape index (κ1) is 30.9. The van der Waals surface area contributed by atoms with Crippen LogP contribution in [-0.2, 0) is 26.0 Å². The minimum atomic E-state index is -4.08. The molecule has 8 heteroatoms. The summed E-state index contributed by atoms with van der Waals surface area (Å²) in [5.74, 6) is -0.706. The second-order valence-corrected chi connectivity index (χ2v) is 13.0. The number of aryl methyl sites for hydroxylation is 2. The number of hydrogen-bond donors (Lipinski definition) is 1. The summed E-state index contributed by atoms with van der Waals surface area (Å²) in [6.07, 6.45) is 0.915. The zero-order valence-corrected chi connectivity index (χ0v) is 25.2. The highest BCUT2D eigenvalue weighted by Crippen LogP contribution is 2.25. The predicted octanol–water partition coefficient (Wildman–Crippen LogP) is 5.26. The quantitative estimate of drug-likeness (QED) is 0.345. The van der Waals surface area contributed by atoms with E-state index in [9.17, 15) is 18.0 Å². The van der Waals surface area contributed by atoms with Gasteiger partial charge in [0.1, 0.15) is 12.6 Å². The largest absolute Gasteiger partial charge is 0.350 e. The zero-order chi connectivity index (χ0) is 29.5. The second-order valence-electron chi connectivity index (χ2n) is 11.1. The molecule has 1 N–H and O–H groups in total. The van der Waals surface area contributed by atoms with Gasteiger partial charge in [-0.2, -0.15) is 0 Å². The lowest BCUT2D eigenvalue weighted by molar-refractivity contribution is -0.140. The summed E-state index contributed by atoms with van der Waals surface area (Å²) in [5, 5.41) is 2.99. The summed E-state index contributed by atoms with van der Waals surface area (Å²) in [4.78, 5) is 29.0. The number of carbonyl (C=O) groups excluding carboxylic acids is 2. The van der Waals surface area contributed by atoms with Crippen molar-refractivity contribution in [3.8, 4) is 0 Å². The molecule has 1 atom stereocenters. The van der Waals surface area contributed by atoms with Gasteiger partial charge in [0.2, 0.25) is 11.8 Å². The fourth-order valence-corrected chi connectivity index (χ4v) is 5.84. The number of anilines is 1. The lowest BCUT2D eigenvalue weighted by atomic mass is 10.1. The molecule has 0 aliphatic carbocycles. The van der Waals surface area contributed by atoms with Crippen molar-refractivity contribution in [2.75, 3.05) is 17.4 Å². The normalized spacial score (nSPS) is 12.4. The minimum absolute atomic E-state index is 0.0971. The molecule has 3 aromatic carbocycles. The third-order valence-corrected chi connectivity index (χ3v) is 8.37. The van der Waals surface area contributed by atoms with Crippen LogP contribution < -0.4 is 9.62 Å². The Morgan fingerprint density at radius 3 is 1.93 bits per heavy atom. The van der Waals surface area contributed by atoms with Gasteiger partial charge >= 0.3 is 0 Å². The monoisotopic (exact) mass is 563 g/mol. The topological polar surface area (TPSA) is 86.8 Å². The van der Waals surface area contributed by atoms with Crippen LogP contribution in [0.4, 0.5) is 5.69 Å². The van der Waals surface area contributed by atoms with Crippen molar-refractivity contribution < 1.29 is 18.0 Å². The van der Waals surface area contributed by atoms with Crippen LogP contribution in [0.5, 0.6) is 0 Å². The first-order valence-electron chi connectivity index (χ1n) is 13.6. The molecule has 0 heterocycles.